The molecule has 1 aliphatic rings. The van der Waals surface area contributed by atoms with Gasteiger partial charge < -0.3 is 5.32 Å². The zero-order valence-electron chi connectivity index (χ0n) is 12.5. The van der Waals surface area contributed by atoms with Gasteiger partial charge in [-0.05, 0) is 60.0 Å². The van der Waals surface area contributed by atoms with E-state index in [2.05, 4.69) is 36.0 Å². The lowest BCUT2D eigenvalue weighted by molar-refractivity contribution is 0.278. The number of rotatable bonds is 6. The normalized spacial score (nSPS) is 24.6. The van der Waals surface area contributed by atoms with E-state index < -0.39 is 0 Å². The Balaban J connectivity index is 1.85. The summed E-state index contributed by atoms with van der Waals surface area (Å²) in [4.78, 5) is 0. The molecule has 1 saturated carbocycles. The van der Waals surface area contributed by atoms with Crippen molar-refractivity contribution in [1.82, 2.24) is 5.32 Å². The fraction of sp³-hybridized carbons (Fsp3) is 0.765. The number of nitrogens with one attached hydrogen (secondary N) is 1. The van der Waals surface area contributed by atoms with E-state index in [0.717, 1.165) is 11.8 Å². The number of thiophene rings is 1. The van der Waals surface area contributed by atoms with E-state index in [1.54, 1.807) is 5.56 Å². The number of aryl methyl sites for hydroxylation is 1. The minimum absolute atomic E-state index is 0.626. The molecule has 1 heterocycles. The SMILES string of the molecule is CC(C)NCC1CCCCCC1CCc1ccsc1. The van der Waals surface area contributed by atoms with Crippen LogP contribution in [0.4, 0.5) is 0 Å². The van der Waals surface area contributed by atoms with Gasteiger partial charge in [0.25, 0.3) is 0 Å². The first-order chi connectivity index (χ1) is 9.25. The van der Waals surface area contributed by atoms with E-state index in [9.17, 15) is 0 Å². The second-order valence-electron chi connectivity index (χ2n) is 6.39. The van der Waals surface area contributed by atoms with Crippen LogP contribution in [-0.4, -0.2) is 12.6 Å². The summed E-state index contributed by atoms with van der Waals surface area (Å²) in [6, 6.07) is 2.92. The van der Waals surface area contributed by atoms with Gasteiger partial charge in [0.1, 0.15) is 0 Å². The van der Waals surface area contributed by atoms with Gasteiger partial charge in [-0.15, -0.1) is 0 Å². The summed E-state index contributed by atoms with van der Waals surface area (Å²) in [5, 5.41) is 8.19. The van der Waals surface area contributed by atoms with Gasteiger partial charge in [0.15, 0.2) is 0 Å². The Kier molecular flexibility index (Phi) is 6.39. The molecule has 0 saturated heterocycles. The summed E-state index contributed by atoms with van der Waals surface area (Å²) in [6.45, 7) is 5.75. The van der Waals surface area contributed by atoms with Gasteiger partial charge in [-0.1, -0.05) is 39.5 Å². The quantitative estimate of drug-likeness (QED) is 0.732. The van der Waals surface area contributed by atoms with Crippen LogP contribution in [0.2, 0.25) is 0 Å². The minimum Gasteiger partial charge on any atom is -0.314 e. The molecule has 108 valence electrons. The Morgan fingerprint density at radius 2 is 2.00 bits per heavy atom. The van der Waals surface area contributed by atoms with Gasteiger partial charge >= 0.3 is 0 Å². The maximum Gasteiger partial charge on any atom is 0.00104 e. The molecule has 0 spiro atoms. The summed E-state index contributed by atoms with van der Waals surface area (Å²) in [6.07, 6.45) is 9.91. The van der Waals surface area contributed by atoms with E-state index in [1.165, 1.54) is 51.5 Å². The average Bonchev–Trinajstić information content (AvgIpc) is 2.80. The second-order valence-corrected chi connectivity index (χ2v) is 7.17. The molecule has 1 fully saturated rings. The van der Waals surface area contributed by atoms with Gasteiger partial charge in [-0.3, -0.25) is 0 Å². The maximum absolute atomic E-state index is 3.67. The van der Waals surface area contributed by atoms with Crippen molar-refractivity contribution in [1.29, 1.82) is 0 Å². The lowest BCUT2D eigenvalue weighted by atomic mass is 9.83. The molecule has 1 nitrogen and oxygen atoms in total. The van der Waals surface area contributed by atoms with Crippen LogP contribution >= 0.6 is 11.3 Å². The molecule has 0 bridgehead atoms. The van der Waals surface area contributed by atoms with Crippen LogP contribution in [-0.2, 0) is 6.42 Å². The molecule has 2 atom stereocenters. The zero-order chi connectivity index (χ0) is 13.5. The lowest BCUT2D eigenvalue weighted by Gasteiger charge is -2.26. The number of hydrogen-bond donors (Lipinski definition) is 1. The lowest BCUT2D eigenvalue weighted by Crippen LogP contribution is -2.32. The van der Waals surface area contributed by atoms with Crippen molar-refractivity contribution in [2.75, 3.05) is 6.54 Å². The van der Waals surface area contributed by atoms with Gasteiger partial charge in [-0.25, -0.2) is 0 Å². The standard InChI is InChI=1S/C17H29NS/c1-14(2)18-12-17-7-5-3-4-6-16(17)9-8-15-10-11-19-13-15/h10-11,13-14,16-18H,3-9,12H2,1-2H3. The molecule has 0 radical (unpaired) electrons. The van der Waals surface area contributed by atoms with Crippen LogP contribution < -0.4 is 5.32 Å². The Morgan fingerprint density at radius 3 is 2.68 bits per heavy atom. The van der Waals surface area contributed by atoms with Crippen LogP contribution in [0.25, 0.3) is 0 Å². The van der Waals surface area contributed by atoms with E-state index in [1.807, 2.05) is 11.3 Å². The molecular weight excluding hydrogens is 250 g/mol. The zero-order valence-corrected chi connectivity index (χ0v) is 13.3. The first-order valence-corrected chi connectivity index (χ1v) is 8.94. The van der Waals surface area contributed by atoms with Crippen LogP contribution in [0.15, 0.2) is 16.8 Å². The van der Waals surface area contributed by atoms with Crippen molar-refractivity contribution in [3.63, 3.8) is 0 Å². The average molecular weight is 279 g/mol. The Labute approximate surface area is 122 Å². The van der Waals surface area contributed by atoms with Crippen LogP contribution in [0.1, 0.15) is 57.9 Å². The minimum atomic E-state index is 0.626. The van der Waals surface area contributed by atoms with E-state index in [-0.39, 0.29) is 0 Å². The third-order valence-corrected chi connectivity index (χ3v) is 5.22. The van der Waals surface area contributed by atoms with E-state index in [0.29, 0.717) is 6.04 Å². The molecule has 0 aromatic carbocycles. The first kappa shape index (κ1) is 15.1. The predicted octanol–water partition coefficient (Wildman–Crippen LogP) is 4.88. The Hall–Kier alpha value is -0.340. The molecule has 1 N–H and O–H groups in total. The van der Waals surface area contributed by atoms with Gasteiger partial charge in [-0.2, -0.15) is 11.3 Å². The molecule has 0 amide bonds. The highest BCUT2D eigenvalue weighted by molar-refractivity contribution is 7.07. The molecule has 2 unspecified atom stereocenters. The van der Waals surface area contributed by atoms with Crippen molar-refractivity contribution < 1.29 is 0 Å². The molecule has 1 aromatic heterocycles. The topological polar surface area (TPSA) is 12.0 Å². The predicted molar refractivity (Wildman–Crippen MR) is 85.8 cm³/mol. The maximum atomic E-state index is 3.67. The summed E-state index contributed by atoms with van der Waals surface area (Å²) in [7, 11) is 0. The van der Waals surface area contributed by atoms with Gasteiger partial charge in [0.05, 0.1) is 0 Å². The van der Waals surface area contributed by atoms with Crippen LogP contribution in [0.3, 0.4) is 0 Å². The summed E-state index contributed by atoms with van der Waals surface area (Å²) < 4.78 is 0. The molecular formula is C17H29NS. The molecule has 0 aliphatic heterocycles. The summed E-state index contributed by atoms with van der Waals surface area (Å²) in [5.41, 5.74) is 1.55. The third kappa shape index (κ3) is 5.27. The second kappa shape index (κ2) is 8.06. The smallest absolute Gasteiger partial charge is 0.00104 e. The molecule has 1 aliphatic carbocycles. The fourth-order valence-electron chi connectivity index (χ4n) is 3.28. The summed E-state index contributed by atoms with van der Waals surface area (Å²) >= 11 is 1.83. The highest BCUT2D eigenvalue weighted by atomic mass is 32.1. The monoisotopic (exact) mass is 279 g/mol. The summed E-state index contributed by atoms with van der Waals surface area (Å²) in [5.74, 6) is 1.84. The Morgan fingerprint density at radius 1 is 1.21 bits per heavy atom. The highest BCUT2D eigenvalue weighted by Crippen LogP contribution is 2.32. The van der Waals surface area contributed by atoms with Gasteiger partial charge in [0.2, 0.25) is 0 Å². The van der Waals surface area contributed by atoms with E-state index >= 15 is 0 Å². The van der Waals surface area contributed by atoms with Gasteiger partial charge in [0, 0.05) is 6.04 Å². The van der Waals surface area contributed by atoms with Crippen molar-refractivity contribution in [3.8, 4) is 0 Å². The number of hydrogen-bond acceptors (Lipinski definition) is 2. The van der Waals surface area contributed by atoms with Crippen molar-refractivity contribution in [2.45, 2.75) is 64.8 Å². The van der Waals surface area contributed by atoms with Crippen LogP contribution in [0.5, 0.6) is 0 Å². The molecule has 19 heavy (non-hydrogen) atoms. The highest BCUT2D eigenvalue weighted by Gasteiger charge is 2.23. The third-order valence-electron chi connectivity index (χ3n) is 4.49. The largest absolute Gasteiger partial charge is 0.314 e. The Bertz CT molecular complexity index is 331. The fourth-order valence-corrected chi connectivity index (χ4v) is 3.99. The van der Waals surface area contributed by atoms with E-state index in [4.69, 9.17) is 0 Å². The first-order valence-electron chi connectivity index (χ1n) is 8.00. The molecule has 2 heteroatoms. The molecule has 1 aromatic rings. The molecule has 2 rings (SSSR count). The van der Waals surface area contributed by atoms with Crippen LogP contribution in [0, 0.1) is 11.8 Å². The van der Waals surface area contributed by atoms with Crippen molar-refractivity contribution in [2.24, 2.45) is 11.8 Å². The van der Waals surface area contributed by atoms with Crippen molar-refractivity contribution >= 4 is 11.3 Å². The van der Waals surface area contributed by atoms with Crippen molar-refractivity contribution in [3.05, 3.63) is 22.4 Å².